The van der Waals surface area contributed by atoms with Gasteiger partial charge in [-0.15, -0.1) is 11.8 Å². The van der Waals surface area contributed by atoms with Gasteiger partial charge in [0.15, 0.2) is 5.76 Å². The molecule has 0 aliphatic carbocycles. The number of thioether (sulfide) groups is 1. The number of hydrogen-bond donors (Lipinski definition) is 0. The van der Waals surface area contributed by atoms with Crippen LogP contribution < -0.4 is 0 Å². The molecule has 60 valence electrons. The van der Waals surface area contributed by atoms with Gasteiger partial charge in [-0.2, -0.15) is 0 Å². The molecule has 0 radical (unpaired) electrons. The van der Waals surface area contributed by atoms with E-state index in [0.29, 0.717) is 5.92 Å². The summed E-state index contributed by atoms with van der Waals surface area (Å²) in [6.45, 7) is 4.17. The van der Waals surface area contributed by atoms with Crippen molar-refractivity contribution in [1.29, 1.82) is 0 Å². The summed E-state index contributed by atoms with van der Waals surface area (Å²) in [6.07, 6.45) is 3.87. The lowest BCUT2D eigenvalue weighted by molar-refractivity contribution is 0.197. The summed E-state index contributed by atoms with van der Waals surface area (Å²) in [7, 11) is 0. The lowest BCUT2D eigenvalue weighted by Gasteiger charge is -2.12. The highest BCUT2D eigenvalue weighted by molar-refractivity contribution is 8.02. The molecule has 1 aliphatic rings. The molecule has 0 N–H and O–H groups in total. The Hall–Kier alpha value is -0.660. The van der Waals surface area contributed by atoms with Crippen molar-refractivity contribution < 1.29 is 4.84 Å². The van der Waals surface area contributed by atoms with Crippen LogP contribution in [0.3, 0.4) is 0 Å². The van der Waals surface area contributed by atoms with E-state index in [0.717, 1.165) is 10.7 Å². The van der Waals surface area contributed by atoms with E-state index in [1.807, 2.05) is 12.3 Å². The highest BCUT2D eigenvalue weighted by Gasteiger charge is 2.12. The van der Waals surface area contributed by atoms with Crippen LogP contribution in [0.25, 0.3) is 0 Å². The van der Waals surface area contributed by atoms with E-state index in [4.69, 9.17) is 4.84 Å². The second-order valence-electron chi connectivity index (χ2n) is 2.54. The van der Waals surface area contributed by atoms with Crippen LogP contribution >= 0.6 is 11.8 Å². The topological polar surface area (TPSA) is 21.6 Å². The molecule has 0 atom stereocenters. The maximum absolute atomic E-state index is 5.08. The van der Waals surface area contributed by atoms with Crippen molar-refractivity contribution >= 4 is 17.6 Å². The molecule has 0 amide bonds. The maximum Gasteiger partial charge on any atom is 0.152 e. The zero-order valence-corrected chi connectivity index (χ0v) is 7.73. The molecule has 0 bridgehead atoms. The van der Waals surface area contributed by atoms with E-state index in [9.17, 15) is 0 Å². The number of nitrogens with zero attached hydrogens (tertiary/aromatic N) is 1. The average molecular weight is 169 g/mol. The molecule has 1 aliphatic heterocycles. The van der Waals surface area contributed by atoms with Gasteiger partial charge in [-0.05, 0) is 11.4 Å². The number of allylic oxidation sites excluding steroid dienone is 2. The average Bonchev–Trinajstić information content (AvgIpc) is 2.04. The Kier molecular flexibility index (Phi) is 2.80. The monoisotopic (exact) mass is 169 g/mol. The van der Waals surface area contributed by atoms with Gasteiger partial charge in [-0.1, -0.05) is 13.8 Å². The van der Waals surface area contributed by atoms with Crippen LogP contribution in [-0.4, -0.2) is 12.1 Å². The van der Waals surface area contributed by atoms with Crippen molar-refractivity contribution in [2.24, 2.45) is 11.1 Å². The van der Waals surface area contributed by atoms with Crippen molar-refractivity contribution in [2.45, 2.75) is 13.8 Å². The van der Waals surface area contributed by atoms with Crippen LogP contribution in [0.5, 0.6) is 0 Å². The Balaban J connectivity index is 2.90. The number of rotatable bonds is 2. The fourth-order valence-electron chi connectivity index (χ4n) is 0.826. The van der Waals surface area contributed by atoms with Gasteiger partial charge in [-0.25, -0.2) is 0 Å². The third kappa shape index (κ3) is 1.88. The molecule has 3 heteroatoms. The Labute approximate surface area is 71.0 Å². The Morgan fingerprint density at radius 3 is 2.82 bits per heavy atom. The second-order valence-corrected chi connectivity index (χ2v) is 3.39. The first-order chi connectivity index (χ1) is 5.25. The van der Waals surface area contributed by atoms with E-state index >= 15 is 0 Å². The molecule has 0 saturated heterocycles. The highest BCUT2D eigenvalue weighted by atomic mass is 32.2. The highest BCUT2D eigenvalue weighted by Crippen LogP contribution is 2.25. The molecule has 1 rings (SSSR count). The van der Waals surface area contributed by atoms with Gasteiger partial charge in [0.05, 0.1) is 4.91 Å². The minimum Gasteiger partial charge on any atom is -0.352 e. The maximum atomic E-state index is 5.08. The molecule has 0 spiro atoms. The fourth-order valence-corrected chi connectivity index (χ4v) is 1.47. The van der Waals surface area contributed by atoms with Gasteiger partial charge in [0.2, 0.25) is 0 Å². The van der Waals surface area contributed by atoms with Crippen LogP contribution in [0.4, 0.5) is 0 Å². The summed E-state index contributed by atoms with van der Waals surface area (Å²) in [4.78, 5) is 6.20. The Bertz CT molecular complexity index is 236. The molecule has 0 aromatic rings. The first-order valence-electron chi connectivity index (χ1n) is 3.49. The molecular formula is C8H11NOS. The Morgan fingerprint density at radius 1 is 1.64 bits per heavy atom. The van der Waals surface area contributed by atoms with Crippen molar-refractivity contribution in [3.63, 3.8) is 0 Å². The normalized spacial score (nSPS) is 16.0. The first-order valence-corrected chi connectivity index (χ1v) is 4.72. The molecule has 0 saturated carbocycles. The van der Waals surface area contributed by atoms with E-state index < -0.39 is 0 Å². The standard InChI is InChI=1S/C8H11NOS/c1-6(2)8-7(11-3)4-5-9-10-8/h4,6H,1-3H3. The third-order valence-corrected chi connectivity index (χ3v) is 2.14. The second kappa shape index (κ2) is 3.65. The van der Waals surface area contributed by atoms with Gasteiger partial charge < -0.3 is 4.84 Å². The molecule has 1 heterocycles. The van der Waals surface area contributed by atoms with E-state index in [1.54, 1.807) is 11.8 Å². The molecule has 0 unspecified atom stereocenters. The summed E-state index contributed by atoms with van der Waals surface area (Å²) in [5.41, 5.74) is 0. The number of hydrogen-bond acceptors (Lipinski definition) is 3. The molecule has 0 fully saturated rings. The quantitative estimate of drug-likeness (QED) is 0.633. The van der Waals surface area contributed by atoms with E-state index in [2.05, 4.69) is 24.9 Å². The predicted octanol–water partition coefficient (Wildman–Crippen LogP) is 2.39. The molecular weight excluding hydrogens is 158 g/mol. The van der Waals surface area contributed by atoms with Crippen molar-refractivity contribution in [3.05, 3.63) is 16.7 Å². The molecule has 0 aromatic carbocycles. The smallest absolute Gasteiger partial charge is 0.152 e. The van der Waals surface area contributed by atoms with Gasteiger partial charge in [0, 0.05) is 17.9 Å². The van der Waals surface area contributed by atoms with Crippen LogP contribution in [0.2, 0.25) is 0 Å². The van der Waals surface area contributed by atoms with E-state index in [-0.39, 0.29) is 0 Å². The summed E-state index contributed by atoms with van der Waals surface area (Å²) < 4.78 is 0. The molecule has 0 aromatic heterocycles. The minimum absolute atomic E-state index is 0.388. The van der Waals surface area contributed by atoms with Crippen molar-refractivity contribution in [3.8, 4) is 0 Å². The van der Waals surface area contributed by atoms with Crippen LogP contribution in [0.1, 0.15) is 13.8 Å². The summed E-state index contributed by atoms with van der Waals surface area (Å²) in [5, 5.41) is 3.60. The zero-order chi connectivity index (χ0) is 8.27. The van der Waals surface area contributed by atoms with Crippen molar-refractivity contribution in [1.82, 2.24) is 0 Å². The summed E-state index contributed by atoms with van der Waals surface area (Å²) in [5.74, 6) is 4.00. The van der Waals surface area contributed by atoms with Crippen LogP contribution in [-0.2, 0) is 4.84 Å². The van der Waals surface area contributed by atoms with Crippen molar-refractivity contribution in [2.75, 3.05) is 6.26 Å². The zero-order valence-electron chi connectivity index (χ0n) is 6.92. The van der Waals surface area contributed by atoms with Crippen LogP contribution in [0.15, 0.2) is 21.9 Å². The summed E-state index contributed by atoms with van der Waals surface area (Å²) in [6, 6.07) is 0. The largest absolute Gasteiger partial charge is 0.352 e. The summed E-state index contributed by atoms with van der Waals surface area (Å²) >= 11 is 1.66. The van der Waals surface area contributed by atoms with E-state index in [1.165, 1.54) is 0 Å². The van der Waals surface area contributed by atoms with Crippen LogP contribution in [0, 0.1) is 5.92 Å². The van der Waals surface area contributed by atoms with Gasteiger partial charge in [0.25, 0.3) is 0 Å². The minimum atomic E-state index is 0.388. The first kappa shape index (κ1) is 8.44. The van der Waals surface area contributed by atoms with Gasteiger partial charge >= 0.3 is 0 Å². The molecule has 11 heavy (non-hydrogen) atoms. The Morgan fingerprint density at radius 2 is 2.36 bits per heavy atom. The van der Waals surface area contributed by atoms with Gasteiger partial charge in [0.1, 0.15) is 0 Å². The lowest BCUT2D eigenvalue weighted by atomic mass is 10.1. The molecule has 2 nitrogen and oxygen atoms in total. The fraction of sp³-hybridized carbons (Fsp3) is 0.500. The SMILES string of the molecule is CSC1=C(C(C)C)ON=C=C1. The lowest BCUT2D eigenvalue weighted by Crippen LogP contribution is -2.01. The van der Waals surface area contributed by atoms with Gasteiger partial charge in [-0.3, -0.25) is 0 Å². The third-order valence-electron chi connectivity index (χ3n) is 1.38. The predicted molar refractivity (Wildman–Crippen MR) is 48.5 cm³/mol.